The van der Waals surface area contributed by atoms with Gasteiger partial charge >= 0.3 is 0 Å². The van der Waals surface area contributed by atoms with Crippen molar-refractivity contribution in [2.45, 2.75) is 24.1 Å². The lowest BCUT2D eigenvalue weighted by molar-refractivity contribution is 0.726. The van der Waals surface area contributed by atoms with E-state index in [9.17, 15) is 0 Å². The van der Waals surface area contributed by atoms with Crippen molar-refractivity contribution < 1.29 is 0 Å². The highest BCUT2D eigenvalue weighted by atomic mass is 35.5. The second-order valence-corrected chi connectivity index (χ2v) is 6.32. The van der Waals surface area contributed by atoms with E-state index in [0.717, 1.165) is 18.8 Å². The van der Waals surface area contributed by atoms with Crippen molar-refractivity contribution in [3.8, 4) is 0 Å². The van der Waals surface area contributed by atoms with Crippen LogP contribution in [0.3, 0.4) is 0 Å². The Labute approximate surface area is 134 Å². The van der Waals surface area contributed by atoms with Gasteiger partial charge in [0.25, 0.3) is 0 Å². The Hall–Kier alpha value is -0.670. The summed E-state index contributed by atoms with van der Waals surface area (Å²) in [5.41, 5.74) is 2.49. The minimum absolute atomic E-state index is 0.605. The first-order chi connectivity index (χ1) is 9.69. The van der Waals surface area contributed by atoms with Gasteiger partial charge < -0.3 is 5.32 Å². The molecule has 0 heterocycles. The van der Waals surface area contributed by atoms with Crippen LogP contribution in [0.2, 0.25) is 10.0 Å². The molecule has 20 heavy (non-hydrogen) atoms. The molecule has 0 aliphatic carbocycles. The third kappa shape index (κ3) is 4.71. The summed E-state index contributed by atoms with van der Waals surface area (Å²) in [6.45, 7) is 4.03. The molecule has 2 rings (SSSR count). The fraction of sp³-hybridized carbons (Fsp3) is 0.250. The van der Waals surface area contributed by atoms with Gasteiger partial charge in [-0.25, -0.2) is 0 Å². The first-order valence-electron chi connectivity index (χ1n) is 6.55. The Morgan fingerprint density at radius 2 is 1.65 bits per heavy atom. The van der Waals surface area contributed by atoms with Gasteiger partial charge in [-0.05, 0) is 41.9 Å². The molecule has 0 spiro atoms. The number of nitrogens with one attached hydrogen (secondary N) is 1. The molecule has 0 unspecified atom stereocenters. The molecule has 0 aromatic heterocycles. The number of benzene rings is 2. The highest BCUT2D eigenvalue weighted by Gasteiger charge is 2.01. The Morgan fingerprint density at radius 1 is 0.950 bits per heavy atom. The van der Waals surface area contributed by atoms with Gasteiger partial charge in [0.2, 0.25) is 0 Å². The van der Waals surface area contributed by atoms with Crippen LogP contribution < -0.4 is 5.32 Å². The molecule has 0 amide bonds. The molecule has 0 saturated heterocycles. The third-order valence-electron chi connectivity index (χ3n) is 2.89. The molecule has 0 atom stereocenters. The zero-order valence-corrected chi connectivity index (χ0v) is 13.7. The molecular formula is C16H17Cl2NS. The van der Waals surface area contributed by atoms with Crippen LogP contribution >= 0.6 is 35.0 Å². The Balaban J connectivity index is 1.91. The Bertz CT molecular complexity index is 555. The molecule has 2 aromatic rings. The molecule has 0 bridgehead atoms. The van der Waals surface area contributed by atoms with Crippen LogP contribution in [0, 0.1) is 0 Å². The highest BCUT2D eigenvalue weighted by molar-refractivity contribution is 7.98. The van der Waals surface area contributed by atoms with Crippen molar-refractivity contribution in [3.63, 3.8) is 0 Å². The summed E-state index contributed by atoms with van der Waals surface area (Å²) in [5.74, 6) is 0.892. The summed E-state index contributed by atoms with van der Waals surface area (Å²) in [4.78, 5) is 1.26. The second kappa shape index (κ2) is 7.94. The normalized spacial score (nSPS) is 10.8. The summed E-state index contributed by atoms with van der Waals surface area (Å²) in [6.07, 6.45) is 0. The first kappa shape index (κ1) is 15.7. The topological polar surface area (TPSA) is 12.0 Å². The van der Waals surface area contributed by atoms with E-state index in [-0.39, 0.29) is 0 Å². The molecule has 0 saturated carbocycles. The van der Waals surface area contributed by atoms with E-state index in [1.807, 2.05) is 18.2 Å². The molecule has 0 fully saturated rings. The summed E-state index contributed by atoms with van der Waals surface area (Å²) < 4.78 is 0. The molecule has 2 aromatic carbocycles. The van der Waals surface area contributed by atoms with Crippen LogP contribution in [0.1, 0.15) is 18.1 Å². The van der Waals surface area contributed by atoms with Crippen LogP contribution in [-0.4, -0.2) is 6.54 Å². The van der Waals surface area contributed by atoms with Crippen LogP contribution in [0.5, 0.6) is 0 Å². The lowest BCUT2D eigenvalue weighted by atomic mass is 10.2. The van der Waals surface area contributed by atoms with E-state index in [0.29, 0.717) is 10.0 Å². The quantitative estimate of drug-likeness (QED) is 0.714. The van der Waals surface area contributed by atoms with E-state index < -0.39 is 0 Å². The van der Waals surface area contributed by atoms with Crippen molar-refractivity contribution in [2.75, 3.05) is 6.54 Å². The third-order valence-corrected chi connectivity index (χ3v) is 4.71. The predicted octanol–water partition coefficient (Wildman–Crippen LogP) is 5.40. The molecule has 0 aliphatic heterocycles. The fourth-order valence-electron chi connectivity index (χ4n) is 1.77. The van der Waals surface area contributed by atoms with Crippen LogP contribution in [0.15, 0.2) is 47.4 Å². The van der Waals surface area contributed by atoms with Crippen LogP contribution in [0.4, 0.5) is 0 Å². The number of hydrogen-bond acceptors (Lipinski definition) is 2. The van der Waals surface area contributed by atoms with Crippen molar-refractivity contribution in [1.82, 2.24) is 5.32 Å². The number of thioether (sulfide) groups is 1. The fourth-order valence-corrected chi connectivity index (χ4v) is 2.93. The largest absolute Gasteiger partial charge is 0.313 e. The average molecular weight is 326 g/mol. The zero-order valence-electron chi connectivity index (χ0n) is 11.3. The van der Waals surface area contributed by atoms with Crippen molar-refractivity contribution in [1.29, 1.82) is 0 Å². The average Bonchev–Trinajstić information content (AvgIpc) is 2.47. The number of hydrogen-bond donors (Lipinski definition) is 1. The van der Waals surface area contributed by atoms with Crippen LogP contribution in [0.25, 0.3) is 0 Å². The molecule has 4 heteroatoms. The SMILES string of the molecule is CCNCc1ccc(SCc2ccc(Cl)c(Cl)c2)cc1. The minimum Gasteiger partial charge on any atom is -0.313 e. The summed E-state index contributed by atoms with van der Waals surface area (Å²) in [5, 5.41) is 4.54. The Morgan fingerprint density at radius 3 is 2.30 bits per heavy atom. The van der Waals surface area contributed by atoms with Gasteiger partial charge in [0.05, 0.1) is 10.0 Å². The maximum absolute atomic E-state index is 6.02. The summed E-state index contributed by atoms with van der Waals surface area (Å²) in [6, 6.07) is 14.4. The lowest BCUT2D eigenvalue weighted by Crippen LogP contribution is -2.11. The maximum Gasteiger partial charge on any atom is 0.0595 e. The monoisotopic (exact) mass is 325 g/mol. The number of rotatable bonds is 6. The van der Waals surface area contributed by atoms with Crippen molar-refractivity contribution in [3.05, 3.63) is 63.6 Å². The first-order valence-corrected chi connectivity index (χ1v) is 8.29. The van der Waals surface area contributed by atoms with Gasteiger partial charge in [-0.15, -0.1) is 11.8 Å². The van der Waals surface area contributed by atoms with Gasteiger partial charge in [-0.1, -0.05) is 48.3 Å². The molecule has 106 valence electrons. The van der Waals surface area contributed by atoms with Crippen molar-refractivity contribution in [2.24, 2.45) is 0 Å². The van der Waals surface area contributed by atoms with E-state index in [4.69, 9.17) is 23.2 Å². The standard InChI is InChI=1S/C16H17Cl2NS/c1-2-19-10-12-3-6-14(7-4-12)20-11-13-5-8-15(17)16(18)9-13/h3-9,19H,2,10-11H2,1H3. The van der Waals surface area contributed by atoms with Gasteiger partial charge in [0, 0.05) is 17.2 Å². The van der Waals surface area contributed by atoms with E-state index in [1.54, 1.807) is 11.8 Å². The molecule has 0 radical (unpaired) electrons. The lowest BCUT2D eigenvalue weighted by Gasteiger charge is -2.06. The van der Waals surface area contributed by atoms with Gasteiger partial charge in [0.15, 0.2) is 0 Å². The molecule has 1 N–H and O–H groups in total. The molecule has 1 nitrogen and oxygen atoms in total. The zero-order chi connectivity index (χ0) is 14.4. The number of halogens is 2. The molecular weight excluding hydrogens is 309 g/mol. The maximum atomic E-state index is 6.02. The summed E-state index contributed by atoms with van der Waals surface area (Å²) in [7, 11) is 0. The second-order valence-electron chi connectivity index (χ2n) is 4.46. The van der Waals surface area contributed by atoms with E-state index in [1.165, 1.54) is 16.0 Å². The van der Waals surface area contributed by atoms with Crippen molar-refractivity contribution >= 4 is 35.0 Å². The minimum atomic E-state index is 0.605. The summed E-state index contributed by atoms with van der Waals surface area (Å²) >= 11 is 13.7. The van der Waals surface area contributed by atoms with E-state index >= 15 is 0 Å². The smallest absolute Gasteiger partial charge is 0.0595 e. The predicted molar refractivity (Wildman–Crippen MR) is 89.8 cm³/mol. The Kier molecular flexibility index (Phi) is 6.24. The van der Waals surface area contributed by atoms with E-state index in [2.05, 4.69) is 36.5 Å². The van der Waals surface area contributed by atoms with Gasteiger partial charge in [-0.2, -0.15) is 0 Å². The highest BCUT2D eigenvalue weighted by Crippen LogP contribution is 2.27. The van der Waals surface area contributed by atoms with Crippen LogP contribution in [-0.2, 0) is 12.3 Å². The van der Waals surface area contributed by atoms with Gasteiger partial charge in [0.1, 0.15) is 0 Å². The van der Waals surface area contributed by atoms with Gasteiger partial charge in [-0.3, -0.25) is 0 Å². The molecule has 0 aliphatic rings.